The number of nitrogens with one attached hydrogen (secondary N) is 1. The third-order valence-corrected chi connectivity index (χ3v) is 6.07. The number of sulfonamides is 1. The minimum absolute atomic E-state index is 0.0167. The van der Waals surface area contributed by atoms with Crippen molar-refractivity contribution in [2.75, 3.05) is 20.7 Å². The molecule has 0 spiro atoms. The molecule has 0 bridgehead atoms. The van der Waals surface area contributed by atoms with Crippen molar-refractivity contribution in [1.82, 2.24) is 9.62 Å². The van der Waals surface area contributed by atoms with Crippen LogP contribution in [0.1, 0.15) is 21.9 Å². The van der Waals surface area contributed by atoms with Gasteiger partial charge in [-0.1, -0.05) is 15.9 Å². The average Bonchev–Trinajstić information content (AvgIpc) is 3.00. The molecular formula is C17H19BrN2O6S. The van der Waals surface area contributed by atoms with Crippen molar-refractivity contribution < 1.29 is 27.2 Å². The van der Waals surface area contributed by atoms with Crippen LogP contribution in [0.3, 0.4) is 0 Å². The summed E-state index contributed by atoms with van der Waals surface area (Å²) in [7, 11) is -1.20. The number of carbonyl (C=O) groups is 2. The highest BCUT2D eigenvalue weighted by atomic mass is 79.9. The predicted molar refractivity (Wildman–Crippen MR) is 101 cm³/mol. The van der Waals surface area contributed by atoms with Crippen molar-refractivity contribution in [2.24, 2.45) is 0 Å². The van der Waals surface area contributed by atoms with Crippen LogP contribution in [0.5, 0.6) is 0 Å². The van der Waals surface area contributed by atoms with Gasteiger partial charge in [0.15, 0.2) is 0 Å². The van der Waals surface area contributed by atoms with Crippen molar-refractivity contribution >= 4 is 37.8 Å². The van der Waals surface area contributed by atoms with E-state index >= 15 is 0 Å². The molecule has 1 aromatic carbocycles. The molecule has 10 heteroatoms. The molecular weight excluding hydrogens is 440 g/mol. The Labute approximate surface area is 165 Å². The fourth-order valence-electron chi connectivity index (χ4n) is 2.26. The summed E-state index contributed by atoms with van der Waals surface area (Å²) in [5, 5.41) is 2.56. The van der Waals surface area contributed by atoms with Crippen LogP contribution in [0.4, 0.5) is 0 Å². The normalized spacial score (nSPS) is 11.4. The van der Waals surface area contributed by atoms with Crippen molar-refractivity contribution in [3.63, 3.8) is 0 Å². The molecule has 27 heavy (non-hydrogen) atoms. The Balaban J connectivity index is 1.97. The van der Waals surface area contributed by atoms with E-state index in [1.165, 1.54) is 32.4 Å². The number of halogens is 1. The number of furan rings is 1. The van der Waals surface area contributed by atoms with Gasteiger partial charge in [-0.2, -0.15) is 4.31 Å². The molecule has 0 saturated carbocycles. The number of hydrogen-bond donors (Lipinski definition) is 1. The zero-order chi connectivity index (χ0) is 20.2. The molecule has 0 aliphatic rings. The number of benzene rings is 1. The molecule has 0 radical (unpaired) electrons. The van der Waals surface area contributed by atoms with Gasteiger partial charge in [0.2, 0.25) is 15.9 Å². The Bertz CT molecular complexity index is 937. The number of aryl methyl sites for hydroxylation is 1. The van der Waals surface area contributed by atoms with Gasteiger partial charge in [0.1, 0.15) is 17.1 Å². The molecule has 1 heterocycles. The fraction of sp³-hybridized carbons (Fsp3) is 0.294. The number of methoxy groups -OCH3 is 1. The van der Waals surface area contributed by atoms with Crippen molar-refractivity contribution in [3.8, 4) is 0 Å². The van der Waals surface area contributed by atoms with Crippen LogP contribution in [0, 0.1) is 6.92 Å². The smallest absolute Gasteiger partial charge is 0.341 e. The van der Waals surface area contributed by atoms with E-state index in [4.69, 9.17) is 4.42 Å². The Hall–Kier alpha value is -2.17. The van der Waals surface area contributed by atoms with Crippen molar-refractivity contribution in [3.05, 3.63) is 51.9 Å². The maximum atomic E-state index is 12.5. The number of esters is 1. The molecule has 2 rings (SSSR count). The number of ether oxygens (including phenoxy) is 1. The summed E-state index contributed by atoms with van der Waals surface area (Å²) in [4.78, 5) is 23.7. The van der Waals surface area contributed by atoms with Gasteiger partial charge in [0.25, 0.3) is 0 Å². The van der Waals surface area contributed by atoms with Crippen molar-refractivity contribution in [2.45, 2.75) is 18.4 Å². The largest absolute Gasteiger partial charge is 0.465 e. The van der Waals surface area contributed by atoms with Crippen LogP contribution in [-0.2, 0) is 26.1 Å². The van der Waals surface area contributed by atoms with Gasteiger partial charge in [0.05, 0.1) is 25.1 Å². The van der Waals surface area contributed by atoms with Crippen LogP contribution in [0.15, 0.2) is 44.1 Å². The molecule has 0 aliphatic carbocycles. The first kappa shape index (κ1) is 21.1. The third-order valence-electron chi connectivity index (χ3n) is 3.72. The van der Waals surface area contributed by atoms with Crippen LogP contribution in [0.2, 0.25) is 0 Å². The Morgan fingerprint density at radius 3 is 2.48 bits per heavy atom. The number of carbonyl (C=O) groups excluding carboxylic acids is 2. The van der Waals surface area contributed by atoms with Crippen LogP contribution in [-0.4, -0.2) is 45.3 Å². The maximum Gasteiger partial charge on any atom is 0.341 e. The molecule has 2 aromatic rings. The molecule has 146 valence electrons. The summed E-state index contributed by atoms with van der Waals surface area (Å²) in [6.45, 7) is 1.26. The van der Waals surface area contributed by atoms with Gasteiger partial charge >= 0.3 is 5.97 Å². The Morgan fingerprint density at radius 2 is 1.89 bits per heavy atom. The lowest BCUT2D eigenvalue weighted by molar-refractivity contribution is -0.121. The number of rotatable bonds is 7. The SMILES string of the molecule is COC(=O)c1cc(CNC(=O)CN(C)S(=O)(=O)c2ccc(Br)cc2)oc1C. The van der Waals surface area contributed by atoms with Crippen molar-refractivity contribution in [1.29, 1.82) is 0 Å². The monoisotopic (exact) mass is 458 g/mol. The standard InChI is InChI=1S/C17H19BrN2O6S/c1-11-15(17(22)25-3)8-13(26-11)9-19-16(21)10-20(2)27(23,24)14-6-4-12(18)5-7-14/h4-8H,9-10H2,1-3H3,(H,19,21). The molecule has 0 atom stereocenters. The van der Waals surface area contributed by atoms with E-state index in [9.17, 15) is 18.0 Å². The zero-order valence-electron chi connectivity index (χ0n) is 15.0. The van der Waals surface area contributed by atoms with E-state index in [2.05, 4.69) is 26.0 Å². The first-order valence-corrected chi connectivity index (χ1v) is 10.0. The predicted octanol–water partition coefficient (Wildman–Crippen LogP) is 2.07. The minimum Gasteiger partial charge on any atom is -0.465 e. The average molecular weight is 459 g/mol. The second-order valence-corrected chi connectivity index (χ2v) is 8.63. The van der Waals surface area contributed by atoms with E-state index < -0.39 is 21.9 Å². The minimum atomic E-state index is -3.78. The zero-order valence-corrected chi connectivity index (χ0v) is 17.4. The highest BCUT2D eigenvalue weighted by Crippen LogP contribution is 2.18. The molecule has 0 fully saturated rings. The lowest BCUT2D eigenvalue weighted by atomic mass is 10.2. The van der Waals surface area contributed by atoms with E-state index in [0.29, 0.717) is 11.5 Å². The van der Waals surface area contributed by atoms with Gasteiger partial charge in [-0.3, -0.25) is 4.79 Å². The molecule has 0 unspecified atom stereocenters. The Kier molecular flexibility index (Phi) is 6.79. The third kappa shape index (κ3) is 5.18. The number of amides is 1. The molecule has 1 N–H and O–H groups in total. The lowest BCUT2D eigenvalue weighted by Gasteiger charge is -2.16. The number of nitrogens with zero attached hydrogens (tertiary/aromatic N) is 1. The van der Waals surface area contributed by atoms with E-state index in [-0.39, 0.29) is 23.5 Å². The van der Waals surface area contributed by atoms with Crippen LogP contribution < -0.4 is 5.32 Å². The lowest BCUT2D eigenvalue weighted by Crippen LogP contribution is -2.38. The summed E-state index contributed by atoms with van der Waals surface area (Å²) in [5.74, 6) is -0.304. The summed E-state index contributed by atoms with van der Waals surface area (Å²) < 4.78 is 36.7. The van der Waals surface area contributed by atoms with E-state index in [1.807, 2.05) is 0 Å². The van der Waals surface area contributed by atoms with E-state index in [1.54, 1.807) is 19.1 Å². The molecule has 8 nitrogen and oxygen atoms in total. The number of hydrogen-bond acceptors (Lipinski definition) is 6. The first-order chi connectivity index (χ1) is 12.6. The topological polar surface area (TPSA) is 106 Å². The summed E-state index contributed by atoms with van der Waals surface area (Å²) in [5.41, 5.74) is 0.275. The van der Waals surface area contributed by atoms with Gasteiger partial charge in [0, 0.05) is 11.5 Å². The summed E-state index contributed by atoms with van der Waals surface area (Å²) in [6, 6.07) is 7.60. The molecule has 0 aliphatic heterocycles. The molecule has 0 saturated heterocycles. The van der Waals surface area contributed by atoms with Crippen LogP contribution in [0.25, 0.3) is 0 Å². The van der Waals surface area contributed by atoms with Gasteiger partial charge < -0.3 is 14.5 Å². The molecule has 1 aromatic heterocycles. The van der Waals surface area contributed by atoms with Gasteiger partial charge in [-0.25, -0.2) is 13.2 Å². The second kappa shape index (κ2) is 8.68. The molecule has 1 amide bonds. The summed E-state index contributed by atoms with van der Waals surface area (Å²) in [6.07, 6.45) is 0. The quantitative estimate of drug-likeness (QED) is 0.636. The van der Waals surface area contributed by atoms with Gasteiger partial charge in [-0.05, 0) is 37.3 Å². The van der Waals surface area contributed by atoms with Gasteiger partial charge in [-0.15, -0.1) is 0 Å². The fourth-order valence-corrected chi connectivity index (χ4v) is 3.65. The second-order valence-electron chi connectivity index (χ2n) is 5.67. The van der Waals surface area contributed by atoms with Crippen LogP contribution >= 0.6 is 15.9 Å². The Morgan fingerprint density at radius 1 is 1.26 bits per heavy atom. The first-order valence-electron chi connectivity index (χ1n) is 7.81. The number of likely N-dealkylation sites (N-methyl/N-ethyl adjacent to an activating group) is 1. The maximum absolute atomic E-state index is 12.5. The summed E-state index contributed by atoms with van der Waals surface area (Å²) >= 11 is 3.24. The highest BCUT2D eigenvalue weighted by Gasteiger charge is 2.23. The van der Waals surface area contributed by atoms with E-state index in [0.717, 1.165) is 8.78 Å². The highest BCUT2D eigenvalue weighted by molar-refractivity contribution is 9.10.